The molecule has 1 heterocycles. The lowest BCUT2D eigenvalue weighted by Crippen LogP contribution is -2.21. The molecule has 2 aromatic rings. The number of aromatic nitrogens is 1. The molecule has 0 aliphatic heterocycles. The Labute approximate surface area is 132 Å². The molecule has 0 saturated heterocycles. The smallest absolute Gasteiger partial charge is 0.254 e. The number of hydrogen-bond acceptors (Lipinski definition) is 4. The summed E-state index contributed by atoms with van der Waals surface area (Å²) in [5.41, 5.74) is 6.61. The van der Waals surface area contributed by atoms with E-state index in [1.54, 1.807) is 26.2 Å². The molecule has 21 heavy (non-hydrogen) atoms. The van der Waals surface area contributed by atoms with E-state index in [4.69, 9.17) is 33.7 Å². The fraction of sp³-hybridized carbons (Fsp3) is 0.143. The molecule has 1 aromatic carbocycles. The summed E-state index contributed by atoms with van der Waals surface area (Å²) >= 11 is 11.8. The summed E-state index contributed by atoms with van der Waals surface area (Å²) in [6, 6.07) is 6.22. The molecule has 0 aliphatic rings. The number of amides is 1. The summed E-state index contributed by atoms with van der Waals surface area (Å²) < 4.78 is 5.54. The largest absolute Gasteiger partial charge is 0.437 e. The van der Waals surface area contributed by atoms with E-state index in [0.29, 0.717) is 32.9 Å². The van der Waals surface area contributed by atoms with Gasteiger partial charge in [-0.1, -0.05) is 23.2 Å². The van der Waals surface area contributed by atoms with Gasteiger partial charge in [-0.15, -0.1) is 0 Å². The van der Waals surface area contributed by atoms with Crippen molar-refractivity contribution in [1.82, 2.24) is 9.88 Å². The van der Waals surface area contributed by atoms with Crippen LogP contribution in [0.1, 0.15) is 10.4 Å². The number of rotatable bonds is 3. The molecule has 2 rings (SSSR count). The van der Waals surface area contributed by atoms with Gasteiger partial charge in [0.05, 0.1) is 21.3 Å². The first-order valence-electron chi connectivity index (χ1n) is 5.98. The molecule has 5 nitrogen and oxygen atoms in total. The Bertz CT molecular complexity index is 673. The molecule has 7 heteroatoms. The first kappa shape index (κ1) is 15.4. The summed E-state index contributed by atoms with van der Waals surface area (Å²) in [5.74, 6) is 0.516. The van der Waals surface area contributed by atoms with Crippen molar-refractivity contribution < 1.29 is 9.53 Å². The van der Waals surface area contributed by atoms with Crippen LogP contribution in [0.4, 0.5) is 5.69 Å². The van der Waals surface area contributed by atoms with Gasteiger partial charge in [0.15, 0.2) is 5.75 Å². The number of nitrogens with two attached hydrogens (primary N) is 1. The Hall–Kier alpha value is -1.98. The first-order chi connectivity index (χ1) is 9.88. The average molecular weight is 326 g/mol. The van der Waals surface area contributed by atoms with E-state index in [9.17, 15) is 4.79 Å². The number of benzene rings is 1. The molecule has 1 aromatic heterocycles. The molecule has 0 spiro atoms. The fourth-order valence-corrected chi connectivity index (χ4v) is 1.90. The second kappa shape index (κ2) is 6.20. The van der Waals surface area contributed by atoms with Gasteiger partial charge in [-0.3, -0.25) is 4.79 Å². The van der Waals surface area contributed by atoms with E-state index in [-0.39, 0.29) is 5.91 Å². The number of hydrogen-bond donors (Lipinski definition) is 1. The predicted octanol–water partition coefficient (Wildman–Crippen LogP) is 3.46. The SMILES string of the molecule is CN(C)C(=O)c1ccc(Oc2cc(Cl)c(Cl)cc2N)nc1. The second-order valence-corrected chi connectivity index (χ2v) is 5.31. The molecule has 0 atom stereocenters. The molecule has 0 fully saturated rings. The summed E-state index contributed by atoms with van der Waals surface area (Å²) in [4.78, 5) is 17.3. The monoisotopic (exact) mass is 325 g/mol. The van der Waals surface area contributed by atoms with Crippen LogP contribution >= 0.6 is 23.2 Å². The topological polar surface area (TPSA) is 68.5 Å². The minimum absolute atomic E-state index is 0.136. The number of nitrogen functional groups attached to an aromatic ring is 1. The van der Waals surface area contributed by atoms with Crippen LogP contribution in [0, 0.1) is 0 Å². The van der Waals surface area contributed by atoms with Gasteiger partial charge in [-0.05, 0) is 12.1 Å². The van der Waals surface area contributed by atoms with Crippen LogP contribution in [0.2, 0.25) is 10.0 Å². The van der Waals surface area contributed by atoms with Gasteiger partial charge >= 0.3 is 0 Å². The van der Waals surface area contributed by atoms with E-state index in [1.165, 1.54) is 23.2 Å². The predicted molar refractivity (Wildman–Crippen MR) is 83.2 cm³/mol. The lowest BCUT2D eigenvalue weighted by molar-refractivity contribution is 0.0827. The number of anilines is 1. The van der Waals surface area contributed by atoms with Crippen LogP contribution < -0.4 is 10.5 Å². The van der Waals surface area contributed by atoms with Crippen molar-refractivity contribution in [1.29, 1.82) is 0 Å². The van der Waals surface area contributed by atoms with Crippen molar-refractivity contribution >= 4 is 34.8 Å². The van der Waals surface area contributed by atoms with Gasteiger partial charge in [0, 0.05) is 32.4 Å². The van der Waals surface area contributed by atoms with Gasteiger partial charge in [0.25, 0.3) is 5.91 Å². The van der Waals surface area contributed by atoms with Crippen molar-refractivity contribution in [2.24, 2.45) is 0 Å². The molecule has 0 aliphatic carbocycles. The molecule has 1 amide bonds. The Balaban J connectivity index is 2.21. The number of pyridine rings is 1. The van der Waals surface area contributed by atoms with Crippen LogP contribution in [0.15, 0.2) is 30.5 Å². The van der Waals surface area contributed by atoms with Crippen molar-refractivity contribution in [2.75, 3.05) is 19.8 Å². The van der Waals surface area contributed by atoms with Gasteiger partial charge < -0.3 is 15.4 Å². The Kier molecular flexibility index (Phi) is 4.55. The number of carbonyl (C=O) groups excluding carboxylic acids is 1. The van der Waals surface area contributed by atoms with E-state index in [0.717, 1.165) is 0 Å². The highest BCUT2D eigenvalue weighted by Crippen LogP contribution is 2.34. The summed E-state index contributed by atoms with van der Waals surface area (Å²) in [6.45, 7) is 0. The third-order valence-electron chi connectivity index (χ3n) is 2.66. The number of nitrogens with zero attached hydrogens (tertiary/aromatic N) is 2. The first-order valence-corrected chi connectivity index (χ1v) is 6.74. The normalized spacial score (nSPS) is 10.3. The van der Waals surface area contributed by atoms with Crippen LogP contribution in [-0.4, -0.2) is 29.9 Å². The Morgan fingerprint density at radius 2 is 1.90 bits per heavy atom. The second-order valence-electron chi connectivity index (χ2n) is 4.49. The van der Waals surface area contributed by atoms with Crippen LogP contribution in [0.3, 0.4) is 0 Å². The highest BCUT2D eigenvalue weighted by Gasteiger charge is 2.11. The summed E-state index contributed by atoms with van der Waals surface area (Å²) in [6.07, 6.45) is 1.44. The van der Waals surface area contributed by atoms with Crippen LogP contribution in [0.5, 0.6) is 11.6 Å². The number of ether oxygens (including phenoxy) is 1. The maximum absolute atomic E-state index is 11.7. The van der Waals surface area contributed by atoms with Crippen molar-refractivity contribution in [3.8, 4) is 11.6 Å². The third-order valence-corrected chi connectivity index (χ3v) is 3.38. The quantitative estimate of drug-likeness (QED) is 0.877. The zero-order valence-corrected chi connectivity index (χ0v) is 12.9. The Morgan fingerprint density at radius 1 is 1.24 bits per heavy atom. The minimum Gasteiger partial charge on any atom is -0.437 e. The molecule has 0 saturated carbocycles. The van der Waals surface area contributed by atoms with E-state index < -0.39 is 0 Å². The standard InChI is InChI=1S/C14H13Cl2N3O2/c1-19(2)14(20)8-3-4-13(18-7-8)21-12-6-10(16)9(15)5-11(12)17/h3-7H,17H2,1-2H3. The van der Waals surface area contributed by atoms with Crippen LogP contribution in [0.25, 0.3) is 0 Å². The van der Waals surface area contributed by atoms with Crippen molar-refractivity contribution in [3.63, 3.8) is 0 Å². The van der Waals surface area contributed by atoms with Crippen molar-refractivity contribution in [2.45, 2.75) is 0 Å². The average Bonchev–Trinajstić information content (AvgIpc) is 2.44. The maximum Gasteiger partial charge on any atom is 0.254 e. The summed E-state index contributed by atoms with van der Waals surface area (Å²) in [7, 11) is 3.34. The fourth-order valence-electron chi connectivity index (χ4n) is 1.57. The van der Waals surface area contributed by atoms with E-state index in [1.807, 2.05) is 0 Å². The zero-order chi connectivity index (χ0) is 15.6. The molecule has 110 valence electrons. The highest BCUT2D eigenvalue weighted by molar-refractivity contribution is 6.42. The van der Waals surface area contributed by atoms with Crippen LogP contribution in [-0.2, 0) is 0 Å². The van der Waals surface area contributed by atoms with Crippen molar-refractivity contribution in [3.05, 3.63) is 46.1 Å². The highest BCUT2D eigenvalue weighted by atomic mass is 35.5. The van der Waals surface area contributed by atoms with Gasteiger partial charge in [0.1, 0.15) is 0 Å². The number of halogens is 2. The zero-order valence-electron chi connectivity index (χ0n) is 11.4. The third kappa shape index (κ3) is 3.56. The summed E-state index contributed by atoms with van der Waals surface area (Å²) in [5, 5.41) is 0.682. The Morgan fingerprint density at radius 3 is 2.48 bits per heavy atom. The van der Waals surface area contributed by atoms with Gasteiger partial charge in [-0.25, -0.2) is 4.98 Å². The molecule has 2 N–H and O–H groups in total. The minimum atomic E-state index is -0.136. The molecule has 0 bridgehead atoms. The van der Waals surface area contributed by atoms with Gasteiger partial charge in [0.2, 0.25) is 5.88 Å². The maximum atomic E-state index is 11.7. The molecular formula is C14H13Cl2N3O2. The molecular weight excluding hydrogens is 313 g/mol. The van der Waals surface area contributed by atoms with E-state index >= 15 is 0 Å². The van der Waals surface area contributed by atoms with E-state index in [2.05, 4.69) is 4.98 Å². The lowest BCUT2D eigenvalue weighted by atomic mass is 10.2. The van der Waals surface area contributed by atoms with Gasteiger partial charge in [-0.2, -0.15) is 0 Å². The molecule has 0 unspecified atom stereocenters. The number of carbonyl (C=O) groups is 1. The lowest BCUT2D eigenvalue weighted by Gasteiger charge is -2.11. The molecule has 0 radical (unpaired) electrons.